The van der Waals surface area contributed by atoms with Gasteiger partial charge in [0.2, 0.25) is 0 Å². The van der Waals surface area contributed by atoms with Crippen LogP contribution < -0.4 is 20.1 Å². The third kappa shape index (κ3) is 7.56. The van der Waals surface area contributed by atoms with E-state index in [-0.39, 0.29) is 35.6 Å². The smallest absolute Gasteiger partial charge is 0.312 e. The number of esters is 1. The molecule has 2 saturated carbocycles. The summed E-state index contributed by atoms with van der Waals surface area (Å²) in [4.78, 5) is 44.2. The number of nitrogens with one attached hydrogen (secondary N) is 2. The summed E-state index contributed by atoms with van der Waals surface area (Å²) < 4.78 is 17.9. The van der Waals surface area contributed by atoms with E-state index >= 15 is 0 Å². The molecule has 9 heteroatoms. The van der Waals surface area contributed by atoms with Crippen LogP contribution in [0, 0.1) is 17.8 Å². The Labute approximate surface area is 287 Å². The van der Waals surface area contributed by atoms with Gasteiger partial charge >= 0.3 is 5.97 Å². The molecule has 4 aromatic rings. The van der Waals surface area contributed by atoms with E-state index < -0.39 is 11.3 Å². The average Bonchev–Trinajstić information content (AvgIpc) is 3.10. The maximum absolute atomic E-state index is 13.6. The molecule has 3 aromatic carbocycles. The van der Waals surface area contributed by atoms with E-state index in [1.165, 1.54) is 25.9 Å². The van der Waals surface area contributed by atoms with Crippen molar-refractivity contribution in [2.24, 2.45) is 10.8 Å². The van der Waals surface area contributed by atoms with Crippen molar-refractivity contribution in [2.45, 2.75) is 78.4 Å². The molecule has 0 unspecified atom stereocenters. The third-order valence-electron chi connectivity index (χ3n) is 10.4. The molecule has 0 aliphatic heterocycles. The molecule has 9 nitrogen and oxygen atoms in total. The van der Waals surface area contributed by atoms with Crippen molar-refractivity contribution in [3.05, 3.63) is 95.3 Å². The van der Waals surface area contributed by atoms with Crippen LogP contribution in [-0.4, -0.2) is 42.5 Å². The van der Waals surface area contributed by atoms with Crippen LogP contribution in [0.1, 0.15) is 90.6 Å². The van der Waals surface area contributed by atoms with Gasteiger partial charge in [0.25, 0.3) is 11.8 Å². The quantitative estimate of drug-likeness (QED) is 0.157. The lowest BCUT2D eigenvalue weighted by Gasteiger charge is -2.38. The summed E-state index contributed by atoms with van der Waals surface area (Å²) in [5.74, 6) is 0.0581. The highest BCUT2D eigenvalue weighted by molar-refractivity contribution is 6.10. The van der Waals surface area contributed by atoms with Crippen LogP contribution in [0.3, 0.4) is 0 Å². The number of hydrogen-bond acceptors (Lipinski definition) is 7. The third-order valence-corrected chi connectivity index (χ3v) is 10.4. The number of amides is 2. The summed E-state index contributed by atoms with van der Waals surface area (Å²) in [6.07, 6.45) is 8.81. The van der Waals surface area contributed by atoms with Crippen molar-refractivity contribution in [1.29, 1.82) is 0 Å². The van der Waals surface area contributed by atoms with Crippen molar-refractivity contribution >= 4 is 34.2 Å². The van der Waals surface area contributed by atoms with Gasteiger partial charge in [-0.15, -0.1) is 0 Å². The lowest BCUT2D eigenvalue weighted by molar-refractivity contribution is -0.159. The molecule has 2 N–H and O–H groups in total. The Kier molecular flexibility index (Phi) is 9.90. The highest BCUT2D eigenvalue weighted by Crippen LogP contribution is 2.41. The predicted octanol–water partition coefficient (Wildman–Crippen LogP) is 7.80. The first kappa shape index (κ1) is 34.0. The summed E-state index contributed by atoms with van der Waals surface area (Å²) >= 11 is 0. The van der Waals surface area contributed by atoms with E-state index in [2.05, 4.69) is 34.7 Å². The molecule has 256 valence electrons. The number of benzene rings is 3. The number of nitrogens with zero attached hydrogens (tertiary/aromatic N) is 1. The zero-order valence-corrected chi connectivity index (χ0v) is 28.8. The number of anilines is 1. The Morgan fingerprint density at radius 2 is 1.65 bits per heavy atom. The molecular formula is C40H45N3O6. The highest BCUT2D eigenvalue weighted by atomic mass is 16.5. The van der Waals surface area contributed by atoms with E-state index in [0.717, 1.165) is 34.7 Å². The molecule has 1 heterocycles. The SMILES string of the molecule is COc1cc(C)c(O[C@H]2CC[C@@](C)(C(=O)OCc3cccc4ccccc34)CC2)cc1C(=O)Nc1cnccc1C(=O)NCC1(C)CCC1. The standard InChI is InChI=1S/C40H45N3O6/c1-26-21-35(47-4)32(37(45)43-33-23-41-20-15-31(33)36(44)42-25-39(2)16-8-17-39)22-34(26)49-29-13-18-40(3,19-14-29)38(46)48-24-28-11-7-10-27-9-5-6-12-30(27)28/h5-7,9-12,15,20-23,29H,8,13-14,16-19,24-25H2,1-4H3,(H,42,44)(H,43,45)/t29-,40+. The average molecular weight is 664 g/mol. The van der Waals surface area contributed by atoms with Crippen molar-refractivity contribution in [3.8, 4) is 11.5 Å². The van der Waals surface area contributed by atoms with E-state index in [9.17, 15) is 14.4 Å². The number of aryl methyl sites for hydroxylation is 1. The van der Waals surface area contributed by atoms with E-state index in [1.807, 2.05) is 44.2 Å². The largest absolute Gasteiger partial charge is 0.496 e. The molecule has 0 radical (unpaired) electrons. The van der Waals surface area contributed by atoms with Crippen molar-refractivity contribution in [1.82, 2.24) is 10.3 Å². The van der Waals surface area contributed by atoms with Gasteiger partial charge in [0.1, 0.15) is 18.1 Å². The van der Waals surface area contributed by atoms with Gasteiger partial charge in [-0.3, -0.25) is 19.4 Å². The van der Waals surface area contributed by atoms with E-state index in [4.69, 9.17) is 14.2 Å². The molecule has 2 aliphatic carbocycles. The fraction of sp³-hybridized carbons (Fsp3) is 0.400. The van der Waals surface area contributed by atoms with Gasteiger partial charge < -0.3 is 24.8 Å². The van der Waals surface area contributed by atoms with Crippen molar-refractivity contribution < 1.29 is 28.6 Å². The second-order valence-corrected chi connectivity index (χ2v) is 14.1. The lowest BCUT2D eigenvalue weighted by atomic mass is 9.70. The molecule has 0 atom stereocenters. The van der Waals surface area contributed by atoms with Gasteiger partial charge in [-0.25, -0.2) is 0 Å². The summed E-state index contributed by atoms with van der Waals surface area (Å²) in [6.45, 7) is 6.86. The molecule has 6 rings (SSSR count). The maximum atomic E-state index is 13.6. The summed E-state index contributed by atoms with van der Waals surface area (Å²) in [5.41, 5.74) is 2.26. The molecule has 2 aliphatic rings. The lowest BCUT2D eigenvalue weighted by Crippen LogP contribution is -2.40. The van der Waals surface area contributed by atoms with Crippen molar-refractivity contribution in [2.75, 3.05) is 19.0 Å². The van der Waals surface area contributed by atoms with Gasteiger partial charge in [0, 0.05) is 12.7 Å². The van der Waals surface area contributed by atoms with Crippen LogP contribution in [0.2, 0.25) is 0 Å². The monoisotopic (exact) mass is 663 g/mol. The molecular weight excluding hydrogens is 618 g/mol. The minimum Gasteiger partial charge on any atom is -0.496 e. The topological polar surface area (TPSA) is 116 Å². The Morgan fingerprint density at radius 3 is 2.39 bits per heavy atom. The summed E-state index contributed by atoms with van der Waals surface area (Å²) in [7, 11) is 1.51. The number of carbonyl (C=O) groups is 3. The molecule has 0 spiro atoms. The number of pyridine rings is 1. The van der Waals surface area contributed by atoms with Crippen LogP contribution >= 0.6 is 0 Å². The number of rotatable bonds is 11. The molecule has 0 saturated heterocycles. The normalized spacial score (nSPS) is 19.7. The first-order chi connectivity index (χ1) is 23.6. The van der Waals surface area contributed by atoms with Crippen LogP contribution in [0.5, 0.6) is 11.5 Å². The number of carbonyl (C=O) groups excluding carboxylic acids is 3. The molecule has 49 heavy (non-hydrogen) atoms. The van der Waals surface area contributed by atoms with Crippen LogP contribution in [0.4, 0.5) is 5.69 Å². The fourth-order valence-electron chi connectivity index (χ4n) is 6.83. The van der Waals surface area contributed by atoms with Gasteiger partial charge in [-0.05, 0) is 97.9 Å². The van der Waals surface area contributed by atoms with E-state index in [1.54, 1.807) is 18.2 Å². The second-order valence-electron chi connectivity index (χ2n) is 14.1. The van der Waals surface area contributed by atoms with Crippen LogP contribution in [0.25, 0.3) is 10.8 Å². The number of fused-ring (bicyclic) bond motifs is 1. The van der Waals surface area contributed by atoms with Gasteiger partial charge in [0.05, 0.1) is 41.6 Å². The first-order valence-corrected chi connectivity index (χ1v) is 17.1. The predicted molar refractivity (Wildman–Crippen MR) is 189 cm³/mol. The van der Waals surface area contributed by atoms with Crippen molar-refractivity contribution in [3.63, 3.8) is 0 Å². The minimum absolute atomic E-state index is 0.121. The van der Waals surface area contributed by atoms with Crippen LogP contribution in [0.15, 0.2) is 73.1 Å². The summed E-state index contributed by atoms with van der Waals surface area (Å²) in [5, 5.41) is 8.09. The maximum Gasteiger partial charge on any atom is 0.312 e. The molecule has 1 aromatic heterocycles. The molecule has 0 bridgehead atoms. The number of ether oxygens (including phenoxy) is 3. The molecule has 2 amide bonds. The van der Waals surface area contributed by atoms with Gasteiger partial charge in [-0.2, -0.15) is 0 Å². The zero-order valence-electron chi connectivity index (χ0n) is 28.8. The second kappa shape index (κ2) is 14.3. The minimum atomic E-state index is -0.603. The van der Waals surface area contributed by atoms with Gasteiger partial charge in [-0.1, -0.05) is 55.8 Å². The number of aromatic nitrogens is 1. The fourth-order valence-corrected chi connectivity index (χ4v) is 6.83. The number of hydrogen-bond donors (Lipinski definition) is 2. The van der Waals surface area contributed by atoms with Crippen LogP contribution in [-0.2, 0) is 16.1 Å². The summed E-state index contributed by atoms with van der Waals surface area (Å²) in [6, 6.07) is 19.2. The Morgan fingerprint density at radius 1 is 0.898 bits per heavy atom. The molecule has 2 fully saturated rings. The highest BCUT2D eigenvalue weighted by Gasteiger charge is 2.40. The van der Waals surface area contributed by atoms with Gasteiger partial charge in [0.15, 0.2) is 0 Å². The Balaban J connectivity index is 1.08. The van der Waals surface area contributed by atoms with E-state index in [0.29, 0.717) is 55.0 Å². The zero-order chi connectivity index (χ0) is 34.6. The first-order valence-electron chi connectivity index (χ1n) is 17.1. The Bertz CT molecular complexity index is 1850. The Hall–Kier alpha value is -4.92. The number of methoxy groups -OCH3 is 1.